The average Bonchev–Trinajstić information content (AvgIpc) is 2.21. The second-order valence-corrected chi connectivity index (χ2v) is 5.41. The monoisotopic (exact) mass is 187 g/mol. The largest absolute Gasteiger partial charge is 0.198 e. The Hall–Kier alpha value is -0.770. The Morgan fingerprint density at radius 2 is 1.93 bits per heavy atom. The summed E-state index contributed by atoms with van der Waals surface area (Å²) in [4.78, 5) is 0. The van der Waals surface area contributed by atoms with Crippen molar-refractivity contribution in [3.63, 3.8) is 0 Å². The van der Waals surface area contributed by atoms with Crippen LogP contribution < -0.4 is 0 Å². The molecular formula is C13H17N. The molecule has 0 spiro atoms. The maximum atomic E-state index is 9.18. The van der Waals surface area contributed by atoms with Crippen LogP contribution in [0.3, 0.4) is 0 Å². The molecule has 0 saturated heterocycles. The predicted molar refractivity (Wildman–Crippen MR) is 55.4 cm³/mol. The molecule has 2 fully saturated rings. The van der Waals surface area contributed by atoms with E-state index < -0.39 is 0 Å². The average molecular weight is 187 g/mol. The van der Waals surface area contributed by atoms with E-state index in [1.807, 2.05) is 0 Å². The molecule has 1 heteroatoms. The fourth-order valence-corrected chi connectivity index (χ4v) is 4.34. The molecule has 0 radical (unpaired) electrons. The van der Waals surface area contributed by atoms with Crippen molar-refractivity contribution in [2.45, 2.75) is 44.9 Å². The van der Waals surface area contributed by atoms with Crippen LogP contribution >= 0.6 is 0 Å². The fraction of sp³-hybridized carbons (Fsp3) is 0.769. The number of nitrogens with zero attached hydrogens (tertiary/aromatic N) is 1. The Balaban J connectivity index is 2.01. The quantitative estimate of drug-likeness (QED) is 0.533. The highest BCUT2D eigenvalue weighted by molar-refractivity contribution is 5.24. The summed E-state index contributed by atoms with van der Waals surface area (Å²) in [5, 5.41) is 9.18. The first-order chi connectivity index (χ1) is 6.83. The minimum atomic E-state index is 0.368. The molecule has 0 amide bonds. The first kappa shape index (κ1) is 8.53. The van der Waals surface area contributed by atoms with Gasteiger partial charge in [0.25, 0.3) is 0 Å². The number of nitriles is 1. The van der Waals surface area contributed by atoms with Crippen LogP contribution in [0.1, 0.15) is 44.9 Å². The van der Waals surface area contributed by atoms with Gasteiger partial charge in [0.15, 0.2) is 0 Å². The van der Waals surface area contributed by atoms with Gasteiger partial charge in [-0.15, -0.1) is 0 Å². The predicted octanol–water partition coefficient (Wildman–Crippen LogP) is 3.43. The van der Waals surface area contributed by atoms with Crippen LogP contribution in [-0.2, 0) is 0 Å². The van der Waals surface area contributed by atoms with Gasteiger partial charge in [-0.25, -0.2) is 0 Å². The van der Waals surface area contributed by atoms with Crippen molar-refractivity contribution in [2.24, 2.45) is 16.7 Å². The lowest BCUT2D eigenvalue weighted by molar-refractivity contribution is -0.155. The highest BCUT2D eigenvalue weighted by atomic mass is 14.7. The summed E-state index contributed by atoms with van der Waals surface area (Å²) in [5.41, 5.74) is 0.967. The van der Waals surface area contributed by atoms with E-state index in [1.165, 1.54) is 44.9 Å². The van der Waals surface area contributed by atoms with Crippen molar-refractivity contribution >= 4 is 0 Å². The zero-order valence-corrected chi connectivity index (χ0v) is 8.63. The van der Waals surface area contributed by atoms with Crippen LogP contribution in [-0.4, -0.2) is 0 Å². The molecule has 0 aromatic heterocycles. The lowest BCUT2D eigenvalue weighted by Crippen LogP contribution is -2.60. The maximum Gasteiger partial charge on any atom is 0.0662 e. The molecule has 74 valence electrons. The number of hydrogen-bond donors (Lipinski definition) is 0. The molecule has 1 nitrogen and oxygen atoms in total. The van der Waals surface area contributed by atoms with E-state index in [0.717, 1.165) is 0 Å². The molecule has 14 heavy (non-hydrogen) atoms. The molecule has 3 aliphatic rings. The smallest absolute Gasteiger partial charge is 0.0662 e. The van der Waals surface area contributed by atoms with Gasteiger partial charge in [0.1, 0.15) is 0 Å². The fourth-order valence-electron chi connectivity index (χ4n) is 4.34. The molecule has 0 aromatic rings. The van der Waals surface area contributed by atoms with Crippen molar-refractivity contribution in [2.75, 3.05) is 0 Å². The van der Waals surface area contributed by atoms with Gasteiger partial charge in [-0.05, 0) is 42.9 Å². The van der Waals surface area contributed by atoms with Crippen molar-refractivity contribution in [3.8, 4) is 6.07 Å². The Morgan fingerprint density at radius 1 is 1.14 bits per heavy atom. The SMILES string of the molecule is N#C[C@@H]1C[C@@]23CC=CC[C@@]12CCCC3. The van der Waals surface area contributed by atoms with Crippen LogP contribution in [0.25, 0.3) is 0 Å². The van der Waals surface area contributed by atoms with Gasteiger partial charge in [-0.3, -0.25) is 0 Å². The van der Waals surface area contributed by atoms with Gasteiger partial charge in [0, 0.05) is 0 Å². The molecule has 0 unspecified atom stereocenters. The first-order valence-electron chi connectivity index (χ1n) is 5.88. The molecule has 0 heterocycles. The van der Waals surface area contributed by atoms with Gasteiger partial charge in [0.2, 0.25) is 0 Å². The van der Waals surface area contributed by atoms with E-state index >= 15 is 0 Å². The second kappa shape index (κ2) is 2.63. The Bertz CT molecular complexity index is 325. The van der Waals surface area contributed by atoms with Crippen molar-refractivity contribution < 1.29 is 0 Å². The van der Waals surface area contributed by atoms with Crippen molar-refractivity contribution in [1.82, 2.24) is 0 Å². The molecule has 3 atom stereocenters. The van der Waals surface area contributed by atoms with Crippen LogP contribution in [0, 0.1) is 28.1 Å². The molecular weight excluding hydrogens is 170 g/mol. The van der Waals surface area contributed by atoms with Gasteiger partial charge < -0.3 is 0 Å². The number of hydrogen-bond acceptors (Lipinski definition) is 1. The normalized spacial score (nSPS) is 49.8. The summed E-state index contributed by atoms with van der Waals surface area (Å²) in [6, 6.07) is 2.55. The van der Waals surface area contributed by atoms with Gasteiger partial charge in [-0.2, -0.15) is 5.26 Å². The minimum Gasteiger partial charge on any atom is -0.198 e. The highest BCUT2D eigenvalue weighted by Crippen LogP contribution is 2.72. The van der Waals surface area contributed by atoms with Crippen molar-refractivity contribution in [1.29, 1.82) is 5.26 Å². The topological polar surface area (TPSA) is 23.8 Å². The molecule has 0 bridgehead atoms. The maximum absolute atomic E-state index is 9.18. The van der Waals surface area contributed by atoms with Crippen LogP contribution in [0.4, 0.5) is 0 Å². The Kier molecular flexibility index (Phi) is 1.60. The minimum absolute atomic E-state index is 0.368. The summed E-state index contributed by atoms with van der Waals surface area (Å²) < 4.78 is 0. The van der Waals surface area contributed by atoms with Crippen LogP contribution in [0.2, 0.25) is 0 Å². The molecule has 2 saturated carbocycles. The van der Waals surface area contributed by atoms with Gasteiger partial charge in [-0.1, -0.05) is 25.0 Å². The molecule has 0 aliphatic heterocycles. The van der Waals surface area contributed by atoms with Crippen LogP contribution in [0.15, 0.2) is 12.2 Å². The van der Waals surface area contributed by atoms with E-state index in [9.17, 15) is 5.26 Å². The Labute approximate surface area is 85.8 Å². The zero-order valence-electron chi connectivity index (χ0n) is 8.63. The zero-order chi connectivity index (χ0) is 9.65. The lowest BCUT2D eigenvalue weighted by atomic mass is 9.36. The summed E-state index contributed by atoms with van der Waals surface area (Å²) in [6.07, 6.45) is 13.8. The number of rotatable bonds is 0. The van der Waals surface area contributed by atoms with E-state index in [-0.39, 0.29) is 0 Å². The van der Waals surface area contributed by atoms with E-state index in [1.54, 1.807) is 0 Å². The third-order valence-corrected chi connectivity index (χ3v) is 5.16. The summed E-state index contributed by atoms with van der Waals surface area (Å²) >= 11 is 0. The molecule has 3 aliphatic carbocycles. The van der Waals surface area contributed by atoms with E-state index in [0.29, 0.717) is 16.7 Å². The summed E-state index contributed by atoms with van der Waals surface area (Å²) in [6.45, 7) is 0. The first-order valence-corrected chi connectivity index (χ1v) is 5.88. The molecule has 0 aromatic carbocycles. The third-order valence-electron chi connectivity index (χ3n) is 5.16. The van der Waals surface area contributed by atoms with Crippen LogP contribution in [0.5, 0.6) is 0 Å². The lowest BCUT2D eigenvalue weighted by Gasteiger charge is -2.66. The van der Waals surface area contributed by atoms with E-state index in [2.05, 4.69) is 18.2 Å². The van der Waals surface area contributed by atoms with E-state index in [4.69, 9.17) is 0 Å². The van der Waals surface area contributed by atoms with Crippen molar-refractivity contribution in [3.05, 3.63) is 12.2 Å². The summed E-state index contributed by atoms with van der Waals surface area (Å²) in [5.74, 6) is 0.368. The van der Waals surface area contributed by atoms with Gasteiger partial charge in [0.05, 0.1) is 12.0 Å². The Morgan fingerprint density at radius 3 is 2.79 bits per heavy atom. The molecule has 3 rings (SSSR count). The molecule has 0 N–H and O–H groups in total. The highest BCUT2D eigenvalue weighted by Gasteiger charge is 2.65. The second-order valence-electron chi connectivity index (χ2n) is 5.41. The van der Waals surface area contributed by atoms with Gasteiger partial charge >= 0.3 is 0 Å². The third kappa shape index (κ3) is 0.764. The summed E-state index contributed by atoms with van der Waals surface area (Å²) in [7, 11) is 0. The standard InChI is InChI=1S/C13H17N/c14-10-11-9-12-5-1-3-7-13(11,12)8-4-2-6-12/h1,3,11H,2,4-9H2/t11-,12-,13+/m0/s1. The number of allylic oxidation sites excluding steroid dienone is 2.